The lowest BCUT2D eigenvalue weighted by Crippen LogP contribution is -2.31. The second-order valence-corrected chi connectivity index (χ2v) is 7.42. The lowest BCUT2D eigenvalue weighted by atomic mass is 10.1. The van der Waals surface area contributed by atoms with Crippen LogP contribution in [0.5, 0.6) is 0 Å². The molecule has 1 saturated heterocycles. The summed E-state index contributed by atoms with van der Waals surface area (Å²) in [5, 5.41) is 4.13. The van der Waals surface area contributed by atoms with Crippen LogP contribution in [-0.2, 0) is 16.4 Å². The second kappa shape index (κ2) is 5.03. The summed E-state index contributed by atoms with van der Waals surface area (Å²) in [5.41, 5.74) is 1.31. The van der Waals surface area contributed by atoms with Crippen LogP contribution < -0.4 is 10.9 Å². The van der Waals surface area contributed by atoms with Gasteiger partial charge in [0.15, 0.2) is 9.84 Å². The van der Waals surface area contributed by atoms with Gasteiger partial charge in [-0.15, -0.1) is 0 Å². The molecule has 0 spiro atoms. The van der Waals surface area contributed by atoms with Gasteiger partial charge in [0.25, 0.3) is 5.56 Å². The average molecular weight is 292 g/mol. The Morgan fingerprint density at radius 3 is 2.85 bits per heavy atom. The third kappa shape index (κ3) is 2.76. The Balaban J connectivity index is 1.78. The first-order valence-electron chi connectivity index (χ1n) is 6.58. The Kier molecular flexibility index (Phi) is 3.35. The standard InChI is InChI=1S/C14H16N2O3S/c17-14-11(7-10-3-1-2-4-13(10)16-14)8-15-12-5-6-20(18,19)9-12/h1-4,7,12,15H,5-6,8-9H2,(H,16,17). The van der Waals surface area contributed by atoms with E-state index in [9.17, 15) is 13.2 Å². The number of hydrogen-bond donors (Lipinski definition) is 2. The Hall–Kier alpha value is -1.66. The summed E-state index contributed by atoms with van der Waals surface area (Å²) >= 11 is 0. The van der Waals surface area contributed by atoms with Crippen LogP contribution in [0.1, 0.15) is 12.0 Å². The van der Waals surface area contributed by atoms with Gasteiger partial charge in [0, 0.05) is 23.7 Å². The molecule has 5 nitrogen and oxygen atoms in total. The quantitative estimate of drug-likeness (QED) is 0.877. The number of H-pyrrole nitrogens is 1. The van der Waals surface area contributed by atoms with Crippen molar-refractivity contribution < 1.29 is 8.42 Å². The molecule has 2 aromatic rings. The lowest BCUT2D eigenvalue weighted by Gasteiger charge is -2.10. The molecule has 0 bridgehead atoms. The molecule has 0 aliphatic carbocycles. The summed E-state index contributed by atoms with van der Waals surface area (Å²) in [4.78, 5) is 14.8. The number of rotatable bonds is 3. The van der Waals surface area contributed by atoms with Crippen molar-refractivity contribution >= 4 is 20.7 Å². The van der Waals surface area contributed by atoms with E-state index in [0.717, 1.165) is 10.9 Å². The molecule has 1 aromatic carbocycles. The number of pyridine rings is 1. The molecule has 0 radical (unpaired) electrons. The van der Waals surface area contributed by atoms with Crippen LogP contribution in [0.4, 0.5) is 0 Å². The van der Waals surface area contributed by atoms with Gasteiger partial charge in [-0.25, -0.2) is 8.42 Å². The van der Waals surface area contributed by atoms with Crippen molar-refractivity contribution in [3.8, 4) is 0 Å². The minimum absolute atomic E-state index is 0.0501. The topological polar surface area (TPSA) is 79.0 Å². The Labute approximate surface area is 116 Å². The van der Waals surface area contributed by atoms with Gasteiger partial charge in [0.2, 0.25) is 0 Å². The van der Waals surface area contributed by atoms with Crippen LogP contribution in [0.2, 0.25) is 0 Å². The van der Waals surface area contributed by atoms with Gasteiger partial charge in [-0.05, 0) is 23.9 Å². The zero-order chi connectivity index (χ0) is 14.2. The number of para-hydroxylation sites is 1. The summed E-state index contributed by atoms with van der Waals surface area (Å²) in [6.07, 6.45) is 0.619. The monoisotopic (exact) mass is 292 g/mol. The number of fused-ring (bicyclic) bond motifs is 1. The van der Waals surface area contributed by atoms with Gasteiger partial charge in [0.05, 0.1) is 11.5 Å². The molecule has 6 heteroatoms. The van der Waals surface area contributed by atoms with Crippen LogP contribution in [0.25, 0.3) is 10.9 Å². The van der Waals surface area contributed by atoms with Crippen LogP contribution in [0.15, 0.2) is 35.1 Å². The fraction of sp³-hybridized carbons (Fsp3) is 0.357. The molecule has 1 atom stereocenters. The third-order valence-corrected chi connectivity index (χ3v) is 5.41. The number of nitrogens with one attached hydrogen (secondary N) is 2. The first kappa shape index (κ1) is 13.3. The molecule has 1 aliphatic rings. The first-order chi connectivity index (χ1) is 9.53. The average Bonchev–Trinajstić information content (AvgIpc) is 2.76. The van der Waals surface area contributed by atoms with E-state index in [1.54, 1.807) is 0 Å². The summed E-state index contributed by atoms with van der Waals surface area (Å²) in [5.74, 6) is 0.400. The molecule has 106 valence electrons. The lowest BCUT2D eigenvalue weighted by molar-refractivity contribution is 0.552. The van der Waals surface area contributed by atoms with Crippen molar-refractivity contribution in [3.63, 3.8) is 0 Å². The normalized spacial score (nSPS) is 21.3. The summed E-state index contributed by atoms with van der Waals surface area (Å²) in [6, 6.07) is 9.39. The summed E-state index contributed by atoms with van der Waals surface area (Å²) < 4.78 is 22.8. The number of aromatic nitrogens is 1. The van der Waals surface area contributed by atoms with Crippen LogP contribution in [-0.4, -0.2) is 30.9 Å². The van der Waals surface area contributed by atoms with Crippen molar-refractivity contribution in [2.45, 2.75) is 19.0 Å². The second-order valence-electron chi connectivity index (χ2n) is 5.19. The molecule has 1 aromatic heterocycles. The minimum Gasteiger partial charge on any atom is -0.322 e. The third-order valence-electron chi connectivity index (χ3n) is 3.64. The number of aromatic amines is 1. The SMILES string of the molecule is O=c1[nH]c2ccccc2cc1CNC1CCS(=O)(=O)C1. The van der Waals surface area contributed by atoms with E-state index >= 15 is 0 Å². The molecule has 0 amide bonds. The molecule has 2 N–H and O–H groups in total. The van der Waals surface area contributed by atoms with Crippen molar-refractivity contribution in [2.75, 3.05) is 11.5 Å². The number of hydrogen-bond acceptors (Lipinski definition) is 4. The van der Waals surface area contributed by atoms with Crippen molar-refractivity contribution in [1.29, 1.82) is 0 Å². The van der Waals surface area contributed by atoms with Gasteiger partial charge < -0.3 is 10.3 Å². The smallest absolute Gasteiger partial charge is 0.252 e. The van der Waals surface area contributed by atoms with Gasteiger partial charge >= 0.3 is 0 Å². The molecular weight excluding hydrogens is 276 g/mol. The van der Waals surface area contributed by atoms with Gasteiger partial charge in [-0.2, -0.15) is 0 Å². The van der Waals surface area contributed by atoms with Gasteiger partial charge in [0.1, 0.15) is 0 Å². The molecule has 1 aliphatic heterocycles. The number of benzene rings is 1. The van der Waals surface area contributed by atoms with E-state index in [1.165, 1.54) is 0 Å². The van der Waals surface area contributed by atoms with Gasteiger partial charge in [-0.1, -0.05) is 18.2 Å². The predicted octanol–water partition coefficient (Wildman–Crippen LogP) is 0.805. The molecule has 1 fully saturated rings. The van der Waals surface area contributed by atoms with Crippen molar-refractivity contribution in [2.24, 2.45) is 0 Å². The maximum atomic E-state index is 12.0. The molecular formula is C14H16N2O3S. The Bertz CT molecular complexity index is 795. The zero-order valence-electron chi connectivity index (χ0n) is 10.9. The molecule has 2 heterocycles. The van der Waals surface area contributed by atoms with E-state index < -0.39 is 9.84 Å². The highest BCUT2D eigenvalue weighted by Crippen LogP contribution is 2.13. The molecule has 0 saturated carbocycles. The van der Waals surface area contributed by atoms with E-state index in [4.69, 9.17) is 0 Å². The highest BCUT2D eigenvalue weighted by Gasteiger charge is 2.27. The fourth-order valence-electron chi connectivity index (χ4n) is 2.53. The maximum Gasteiger partial charge on any atom is 0.252 e. The zero-order valence-corrected chi connectivity index (χ0v) is 11.7. The van der Waals surface area contributed by atoms with Crippen LogP contribution >= 0.6 is 0 Å². The largest absolute Gasteiger partial charge is 0.322 e. The Morgan fingerprint density at radius 2 is 2.10 bits per heavy atom. The van der Waals surface area contributed by atoms with Gasteiger partial charge in [-0.3, -0.25) is 4.79 Å². The van der Waals surface area contributed by atoms with Crippen molar-refractivity contribution in [3.05, 3.63) is 46.2 Å². The summed E-state index contributed by atoms with van der Waals surface area (Å²) in [6.45, 7) is 0.389. The van der Waals surface area contributed by atoms with E-state index in [0.29, 0.717) is 18.5 Å². The maximum absolute atomic E-state index is 12.0. The highest BCUT2D eigenvalue weighted by atomic mass is 32.2. The molecule has 20 heavy (non-hydrogen) atoms. The van der Waals surface area contributed by atoms with E-state index in [1.807, 2.05) is 30.3 Å². The first-order valence-corrected chi connectivity index (χ1v) is 8.40. The molecule has 3 rings (SSSR count). The number of sulfone groups is 1. The van der Waals surface area contributed by atoms with E-state index in [2.05, 4.69) is 10.3 Å². The highest BCUT2D eigenvalue weighted by molar-refractivity contribution is 7.91. The van der Waals surface area contributed by atoms with Crippen molar-refractivity contribution in [1.82, 2.24) is 10.3 Å². The predicted molar refractivity (Wildman–Crippen MR) is 78.5 cm³/mol. The van der Waals surface area contributed by atoms with Crippen LogP contribution in [0, 0.1) is 0 Å². The van der Waals surface area contributed by atoms with E-state index in [-0.39, 0.29) is 23.1 Å². The minimum atomic E-state index is -2.89. The molecule has 1 unspecified atom stereocenters. The fourth-order valence-corrected chi connectivity index (χ4v) is 4.24. The van der Waals surface area contributed by atoms with Crippen LogP contribution in [0.3, 0.4) is 0 Å². The Morgan fingerprint density at radius 1 is 1.30 bits per heavy atom. The summed E-state index contributed by atoms with van der Waals surface area (Å²) in [7, 11) is -2.89.